The summed E-state index contributed by atoms with van der Waals surface area (Å²) in [4.78, 5) is 45.0. The van der Waals surface area contributed by atoms with Crippen molar-refractivity contribution in [2.75, 3.05) is 6.61 Å². The van der Waals surface area contributed by atoms with Crippen LogP contribution < -0.4 is 0 Å². The highest BCUT2D eigenvalue weighted by Crippen LogP contribution is 2.30. The van der Waals surface area contributed by atoms with Gasteiger partial charge in [-0.25, -0.2) is 0 Å². The standard InChI is InChI=1S/C14H19ClO9/c1-6(16)20-5-10-11(21-7(2)17)12(22-8(3)18)13(14(15)24-10)23-9(4)19/h10-14H,5H2,1-4H3/t10-,11+,12+,13-,14-/m0/s1. The molecule has 0 bridgehead atoms. The Labute approximate surface area is 143 Å². The first-order valence-electron chi connectivity index (χ1n) is 7.06. The predicted molar refractivity (Wildman–Crippen MR) is 77.8 cm³/mol. The van der Waals surface area contributed by atoms with Crippen molar-refractivity contribution in [3.8, 4) is 0 Å². The Balaban J connectivity index is 3.11. The molecular formula is C14H19ClO9. The first-order valence-corrected chi connectivity index (χ1v) is 7.50. The first-order chi connectivity index (χ1) is 11.1. The molecule has 5 atom stereocenters. The summed E-state index contributed by atoms with van der Waals surface area (Å²) in [6, 6.07) is 0. The zero-order valence-corrected chi connectivity index (χ0v) is 14.4. The number of rotatable bonds is 5. The summed E-state index contributed by atoms with van der Waals surface area (Å²) in [6.07, 6.45) is -4.60. The van der Waals surface area contributed by atoms with E-state index in [4.69, 9.17) is 35.3 Å². The van der Waals surface area contributed by atoms with Crippen LogP contribution in [0.2, 0.25) is 0 Å². The summed E-state index contributed by atoms with van der Waals surface area (Å²) < 4.78 is 25.6. The Hall–Kier alpha value is -1.87. The molecule has 1 rings (SSSR count). The van der Waals surface area contributed by atoms with Gasteiger partial charge in [0.15, 0.2) is 23.9 Å². The fourth-order valence-electron chi connectivity index (χ4n) is 2.18. The lowest BCUT2D eigenvalue weighted by Gasteiger charge is -2.42. The van der Waals surface area contributed by atoms with Crippen LogP contribution in [0.25, 0.3) is 0 Å². The minimum Gasteiger partial charge on any atom is -0.463 e. The van der Waals surface area contributed by atoms with Crippen LogP contribution in [-0.4, -0.2) is 60.5 Å². The van der Waals surface area contributed by atoms with Crippen molar-refractivity contribution >= 4 is 35.5 Å². The van der Waals surface area contributed by atoms with Gasteiger partial charge >= 0.3 is 23.9 Å². The van der Waals surface area contributed by atoms with Crippen molar-refractivity contribution in [1.29, 1.82) is 0 Å². The van der Waals surface area contributed by atoms with Gasteiger partial charge in [-0.3, -0.25) is 19.2 Å². The number of ether oxygens (including phenoxy) is 5. The van der Waals surface area contributed by atoms with Crippen LogP contribution in [0.15, 0.2) is 0 Å². The van der Waals surface area contributed by atoms with Crippen LogP contribution >= 0.6 is 11.6 Å². The molecule has 1 aliphatic heterocycles. The summed E-state index contributed by atoms with van der Waals surface area (Å²) in [6.45, 7) is 4.31. The molecule has 1 heterocycles. The lowest BCUT2D eigenvalue weighted by molar-refractivity contribution is -0.238. The molecule has 0 unspecified atom stereocenters. The van der Waals surface area contributed by atoms with Crippen molar-refractivity contribution in [2.24, 2.45) is 0 Å². The fourth-order valence-corrected chi connectivity index (χ4v) is 2.50. The Morgan fingerprint density at radius 2 is 1.25 bits per heavy atom. The zero-order chi connectivity index (χ0) is 18.4. The molecule has 1 fully saturated rings. The SMILES string of the molecule is CC(=O)OC[C@@H]1O[C@H](Cl)[C@@H](OC(C)=O)[C@H](OC(C)=O)[C@@H]1OC(C)=O. The van der Waals surface area contributed by atoms with Crippen molar-refractivity contribution in [1.82, 2.24) is 0 Å². The maximum absolute atomic E-state index is 11.4. The molecule has 0 spiro atoms. The third-order valence-corrected chi connectivity index (χ3v) is 3.29. The molecule has 136 valence electrons. The molecule has 0 radical (unpaired) electrons. The number of hydrogen-bond donors (Lipinski definition) is 0. The van der Waals surface area contributed by atoms with Gasteiger partial charge in [-0.2, -0.15) is 0 Å². The Morgan fingerprint density at radius 1 is 0.792 bits per heavy atom. The lowest BCUT2D eigenvalue weighted by Crippen LogP contribution is -2.61. The zero-order valence-electron chi connectivity index (χ0n) is 13.6. The molecule has 0 saturated carbocycles. The minimum atomic E-state index is -1.22. The number of esters is 4. The number of carbonyl (C=O) groups is 4. The lowest BCUT2D eigenvalue weighted by atomic mass is 9.99. The highest BCUT2D eigenvalue weighted by atomic mass is 35.5. The van der Waals surface area contributed by atoms with Gasteiger partial charge in [0.25, 0.3) is 0 Å². The van der Waals surface area contributed by atoms with Crippen LogP contribution in [-0.2, 0) is 42.9 Å². The summed E-state index contributed by atoms with van der Waals surface area (Å²) in [5, 5.41) is 0. The van der Waals surface area contributed by atoms with Gasteiger partial charge in [0.05, 0.1) is 0 Å². The van der Waals surface area contributed by atoms with Gasteiger partial charge in [-0.05, 0) is 0 Å². The second-order valence-electron chi connectivity index (χ2n) is 5.05. The van der Waals surface area contributed by atoms with Crippen LogP contribution in [0, 0.1) is 0 Å². The van der Waals surface area contributed by atoms with Crippen LogP contribution in [0.3, 0.4) is 0 Å². The van der Waals surface area contributed by atoms with E-state index in [1.54, 1.807) is 0 Å². The maximum Gasteiger partial charge on any atom is 0.303 e. The molecule has 24 heavy (non-hydrogen) atoms. The van der Waals surface area contributed by atoms with E-state index in [1.807, 2.05) is 0 Å². The number of carbonyl (C=O) groups excluding carboxylic acids is 4. The maximum atomic E-state index is 11.4. The van der Waals surface area contributed by atoms with E-state index in [0.29, 0.717) is 0 Å². The molecule has 0 aromatic heterocycles. The molecule has 0 amide bonds. The topological polar surface area (TPSA) is 114 Å². The van der Waals surface area contributed by atoms with Crippen LogP contribution in [0.4, 0.5) is 0 Å². The van der Waals surface area contributed by atoms with Gasteiger partial charge in [0.1, 0.15) is 12.7 Å². The smallest absolute Gasteiger partial charge is 0.303 e. The van der Waals surface area contributed by atoms with E-state index in [2.05, 4.69) is 0 Å². The molecule has 1 saturated heterocycles. The molecule has 0 aromatic rings. The van der Waals surface area contributed by atoms with Gasteiger partial charge in [-0.15, -0.1) is 0 Å². The van der Waals surface area contributed by atoms with E-state index >= 15 is 0 Å². The normalized spacial score (nSPS) is 29.3. The van der Waals surface area contributed by atoms with Crippen molar-refractivity contribution < 1.29 is 42.9 Å². The van der Waals surface area contributed by atoms with Gasteiger partial charge in [0, 0.05) is 27.7 Å². The molecule has 0 aliphatic carbocycles. The number of halogens is 1. The summed E-state index contributed by atoms with van der Waals surface area (Å²) >= 11 is 6.05. The average molecular weight is 367 g/mol. The third-order valence-electron chi connectivity index (χ3n) is 2.93. The summed E-state index contributed by atoms with van der Waals surface area (Å²) in [5.74, 6) is -2.67. The summed E-state index contributed by atoms with van der Waals surface area (Å²) in [5.41, 5.74) is -1.20. The third kappa shape index (κ3) is 5.97. The monoisotopic (exact) mass is 366 g/mol. The highest BCUT2D eigenvalue weighted by molar-refractivity contribution is 6.20. The molecule has 0 N–H and O–H groups in total. The Kier molecular flexibility index (Phi) is 7.43. The van der Waals surface area contributed by atoms with E-state index in [0.717, 1.165) is 20.8 Å². The van der Waals surface area contributed by atoms with Crippen LogP contribution in [0.1, 0.15) is 27.7 Å². The van der Waals surface area contributed by atoms with Gasteiger partial charge in [0.2, 0.25) is 0 Å². The first kappa shape index (κ1) is 20.2. The second-order valence-corrected chi connectivity index (χ2v) is 5.48. The molecule has 9 nitrogen and oxygen atoms in total. The number of hydrogen-bond acceptors (Lipinski definition) is 9. The number of alkyl halides is 1. The second kappa shape index (κ2) is 8.84. The van der Waals surface area contributed by atoms with Crippen molar-refractivity contribution in [3.05, 3.63) is 0 Å². The Morgan fingerprint density at radius 3 is 1.71 bits per heavy atom. The van der Waals surface area contributed by atoms with Crippen molar-refractivity contribution in [2.45, 2.75) is 57.7 Å². The molecule has 1 aliphatic rings. The van der Waals surface area contributed by atoms with Crippen LogP contribution in [0.5, 0.6) is 0 Å². The van der Waals surface area contributed by atoms with E-state index < -0.39 is 53.9 Å². The van der Waals surface area contributed by atoms with E-state index in [9.17, 15) is 19.2 Å². The predicted octanol–water partition coefficient (Wildman–Crippen LogP) is 0.308. The van der Waals surface area contributed by atoms with Crippen molar-refractivity contribution in [3.63, 3.8) is 0 Å². The van der Waals surface area contributed by atoms with Gasteiger partial charge < -0.3 is 23.7 Å². The summed E-state index contributed by atoms with van der Waals surface area (Å²) in [7, 11) is 0. The molecular weight excluding hydrogens is 348 g/mol. The Bertz CT molecular complexity index is 506. The quantitative estimate of drug-likeness (QED) is 0.385. The average Bonchev–Trinajstić information content (AvgIpc) is 2.42. The fraction of sp³-hybridized carbons (Fsp3) is 0.714. The molecule has 0 aromatic carbocycles. The van der Waals surface area contributed by atoms with E-state index in [1.165, 1.54) is 6.92 Å². The highest BCUT2D eigenvalue weighted by Gasteiger charge is 2.51. The van der Waals surface area contributed by atoms with Gasteiger partial charge in [-0.1, -0.05) is 11.6 Å². The molecule has 10 heteroatoms. The minimum absolute atomic E-state index is 0.291. The largest absolute Gasteiger partial charge is 0.463 e. The van der Waals surface area contributed by atoms with E-state index in [-0.39, 0.29) is 6.61 Å².